The number of rotatable bonds is 6. The van der Waals surface area contributed by atoms with Crippen LogP contribution in [0.25, 0.3) is 0 Å². The second-order valence-corrected chi connectivity index (χ2v) is 5.63. The predicted molar refractivity (Wildman–Crippen MR) is 83.1 cm³/mol. The van der Waals surface area contributed by atoms with Gasteiger partial charge < -0.3 is 14.7 Å². The highest BCUT2D eigenvalue weighted by Gasteiger charge is 2.27. The normalized spacial score (nSPS) is 19.2. The van der Waals surface area contributed by atoms with E-state index in [1.807, 2.05) is 48.2 Å². The minimum atomic E-state index is -0.718. The van der Waals surface area contributed by atoms with Crippen molar-refractivity contribution < 1.29 is 14.6 Å². The van der Waals surface area contributed by atoms with Gasteiger partial charge in [0.1, 0.15) is 18.4 Å². The van der Waals surface area contributed by atoms with Gasteiger partial charge in [0.2, 0.25) is 0 Å². The van der Waals surface area contributed by atoms with Gasteiger partial charge in [-0.05, 0) is 31.5 Å². The Morgan fingerprint density at radius 2 is 2.24 bits per heavy atom. The van der Waals surface area contributed by atoms with Crippen molar-refractivity contribution in [1.29, 1.82) is 0 Å². The van der Waals surface area contributed by atoms with Crippen LogP contribution in [0.1, 0.15) is 19.3 Å². The summed E-state index contributed by atoms with van der Waals surface area (Å²) >= 11 is 0. The van der Waals surface area contributed by atoms with Crippen LogP contribution in [0.3, 0.4) is 0 Å². The summed E-state index contributed by atoms with van der Waals surface area (Å²) < 4.78 is 5.77. The summed E-state index contributed by atoms with van der Waals surface area (Å²) in [6.45, 7) is 2.02. The van der Waals surface area contributed by atoms with E-state index in [4.69, 9.17) is 4.74 Å². The van der Waals surface area contributed by atoms with Crippen molar-refractivity contribution >= 4 is 11.7 Å². The number of ether oxygens (including phenoxy) is 1. The summed E-state index contributed by atoms with van der Waals surface area (Å²) in [5.74, 6) is 0.106. The number of hydrogen-bond acceptors (Lipinski definition) is 4. The van der Waals surface area contributed by atoms with Crippen molar-refractivity contribution in [2.24, 2.45) is 0 Å². The predicted octanol–water partition coefficient (Wildman–Crippen LogP) is 2.07. The number of carbonyl (C=O) groups is 1. The second-order valence-electron chi connectivity index (χ2n) is 5.63. The highest BCUT2D eigenvalue weighted by atomic mass is 16.5. The van der Waals surface area contributed by atoms with Gasteiger partial charge in [0.05, 0.1) is 0 Å². The Balaban J connectivity index is 1.85. The van der Waals surface area contributed by atoms with Crippen molar-refractivity contribution in [3.05, 3.63) is 24.3 Å². The lowest BCUT2D eigenvalue weighted by atomic mass is 10.0. The van der Waals surface area contributed by atoms with E-state index in [2.05, 4.69) is 0 Å². The highest BCUT2D eigenvalue weighted by Crippen LogP contribution is 2.20. The Kier molecular flexibility index (Phi) is 5.44. The zero-order valence-corrected chi connectivity index (χ0v) is 12.8. The first-order chi connectivity index (χ1) is 10.1. The summed E-state index contributed by atoms with van der Waals surface area (Å²) in [7, 11) is 3.98. The molecule has 1 aliphatic rings. The molecule has 0 saturated carbocycles. The number of likely N-dealkylation sites (tertiary alicyclic amines) is 1. The van der Waals surface area contributed by atoms with Crippen LogP contribution in [0.15, 0.2) is 24.3 Å². The molecule has 0 spiro atoms. The van der Waals surface area contributed by atoms with Crippen LogP contribution in [0, 0.1) is 0 Å². The lowest BCUT2D eigenvalue weighted by Gasteiger charge is -2.32. The van der Waals surface area contributed by atoms with Crippen LogP contribution >= 0.6 is 0 Å². The second kappa shape index (κ2) is 7.31. The van der Waals surface area contributed by atoms with E-state index in [0.29, 0.717) is 13.2 Å². The molecule has 2 rings (SSSR count). The maximum Gasteiger partial charge on any atom is 0.320 e. The van der Waals surface area contributed by atoms with E-state index in [1.165, 1.54) is 0 Å². The van der Waals surface area contributed by atoms with Crippen LogP contribution in [0.5, 0.6) is 5.75 Å². The smallest absolute Gasteiger partial charge is 0.320 e. The molecule has 0 amide bonds. The molecular formula is C16H24N2O3. The van der Waals surface area contributed by atoms with Gasteiger partial charge in [-0.1, -0.05) is 12.5 Å². The molecule has 1 unspecified atom stereocenters. The van der Waals surface area contributed by atoms with Gasteiger partial charge in [-0.15, -0.1) is 0 Å². The van der Waals surface area contributed by atoms with Gasteiger partial charge in [0.15, 0.2) is 0 Å². The Hall–Kier alpha value is -1.75. The maximum atomic E-state index is 11.2. The lowest BCUT2D eigenvalue weighted by Crippen LogP contribution is -2.46. The summed E-state index contributed by atoms with van der Waals surface area (Å²) in [4.78, 5) is 15.3. The molecule has 1 N–H and O–H groups in total. The monoisotopic (exact) mass is 292 g/mol. The van der Waals surface area contributed by atoms with Crippen molar-refractivity contribution in [3.8, 4) is 5.75 Å². The van der Waals surface area contributed by atoms with E-state index in [9.17, 15) is 9.90 Å². The van der Waals surface area contributed by atoms with Crippen LogP contribution in [0.2, 0.25) is 0 Å². The summed E-state index contributed by atoms with van der Waals surface area (Å²) in [5.41, 5.74) is 1.09. The molecular weight excluding hydrogens is 268 g/mol. The van der Waals surface area contributed by atoms with Gasteiger partial charge in [0.25, 0.3) is 0 Å². The molecule has 1 heterocycles. The molecule has 116 valence electrons. The third-order valence-corrected chi connectivity index (χ3v) is 3.88. The molecule has 1 fully saturated rings. The average Bonchev–Trinajstić information content (AvgIpc) is 2.48. The Morgan fingerprint density at radius 3 is 2.95 bits per heavy atom. The van der Waals surface area contributed by atoms with E-state index in [1.54, 1.807) is 0 Å². The highest BCUT2D eigenvalue weighted by molar-refractivity contribution is 5.73. The molecule has 0 aromatic heterocycles. The van der Waals surface area contributed by atoms with Gasteiger partial charge >= 0.3 is 5.97 Å². The van der Waals surface area contributed by atoms with Gasteiger partial charge in [-0.2, -0.15) is 0 Å². The Labute approximate surface area is 126 Å². The number of aliphatic carboxylic acids is 1. The first-order valence-electron chi connectivity index (χ1n) is 7.45. The third-order valence-electron chi connectivity index (χ3n) is 3.88. The summed E-state index contributed by atoms with van der Waals surface area (Å²) in [6.07, 6.45) is 2.81. The minimum absolute atomic E-state index is 0.351. The zero-order valence-electron chi connectivity index (χ0n) is 12.8. The molecule has 21 heavy (non-hydrogen) atoms. The topological polar surface area (TPSA) is 53.0 Å². The Bertz CT molecular complexity index is 476. The summed E-state index contributed by atoms with van der Waals surface area (Å²) in [6, 6.07) is 7.56. The standard InChI is InChI=1S/C16H24N2O3/c1-17(2)13-6-5-7-14(12-13)21-11-10-18-9-4-3-8-15(18)16(19)20/h5-7,12,15H,3-4,8-11H2,1-2H3,(H,19,20). The molecule has 5 heteroatoms. The van der Waals surface area contributed by atoms with Crippen molar-refractivity contribution in [1.82, 2.24) is 4.90 Å². The van der Waals surface area contributed by atoms with Crippen LogP contribution < -0.4 is 9.64 Å². The molecule has 0 radical (unpaired) electrons. The maximum absolute atomic E-state index is 11.2. The summed E-state index contributed by atoms with van der Waals surface area (Å²) in [5, 5.41) is 9.23. The number of anilines is 1. The van der Waals surface area contributed by atoms with Crippen LogP contribution in [0.4, 0.5) is 5.69 Å². The number of benzene rings is 1. The van der Waals surface area contributed by atoms with E-state index >= 15 is 0 Å². The molecule has 0 bridgehead atoms. The fourth-order valence-electron chi connectivity index (χ4n) is 2.67. The van der Waals surface area contributed by atoms with E-state index < -0.39 is 5.97 Å². The number of carboxylic acids is 1. The van der Waals surface area contributed by atoms with Crippen LogP contribution in [-0.2, 0) is 4.79 Å². The molecule has 5 nitrogen and oxygen atoms in total. The fraction of sp³-hybridized carbons (Fsp3) is 0.562. The van der Waals surface area contributed by atoms with Crippen molar-refractivity contribution in [2.75, 3.05) is 38.7 Å². The first-order valence-corrected chi connectivity index (χ1v) is 7.45. The number of nitrogens with zero attached hydrogens (tertiary/aromatic N) is 2. The van der Waals surface area contributed by atoms with Gasteiger partial charge in [-0.3, -0.25) is 9.69 Å². The minimum Gasteiger partial charge on any atom is -0.492 e. The van der Waals surface area contributed by atoms with Crippen LogP contribution in [-0.4, -0.2) is 55.8 Å². The largest absolute Gasteiger partial charge is 0.492 e. The molecule has 0 aliphatic carbocycles. The van der Waals surface area contributed by atoms with Gasteiger partial charge in [-0.25, -0.2) is 0 Å². The quantitative estimate of drug-likeness (QED) is 0.870. The molecule has 1 saturated heterocycles. The number of carboxylic acid groups (broad SMARTS) is 1. The first kappa shape index (κ1) is 15.6. The van der Waals surface area contributed by atoms with E-state index in [0.717, 1.165) is 37.2 Å². The van der Waals surface area contributed by atoms with E-state index in [-0.39, 0.29) is 6.04 Å². The third kappa shape index (κ3) is 4.36. The fourth-order valence-corrected chi connectivity index (χ4v) is 2.67. The SMILES string of the molecule is CN(C)c1cccc(OCCN2CCCCC2C(=O)O)c1. The molecule has 1 atom stereocenters. The molecule has 1 aromatic rings. The lowest BCUT2D eigenvalue weighted by molar-refractivity contribution is -0.144. The molecule has 1 aromatic carbocycles. The van der Waals surface area contributed by atoms with Crippen molar-refractivity contribution in [2.45, 2.75) is 25.3 Å². The average molecular weight is 292 g/mol. The molecule has 1 aliphatic heterocycles. The number of hydrogen-bond donors (Lipinski definition) is 1. The number of piperidine rings is 1. The van der Waals surface area contributed by atoms with Crippen molar-refractivity contribution in [3.63, 3.8) is 0 Å². The zero-order chi connectivity index (χ0) is 15.2. The Morgan fingerprint density at radius 1 is 1.43 bits per heavy atom. The van der Waals surface area contributed by atoms with Gasteiger partial charge in [0, 0.05) is 32.4 Å².